The summed E-state index contributed by atoms with van der Waals surface area (Å²) in [6.45, 7) is 0. The molecule has 44 heavy (non-hydrogen) atoms. The SMILES string of the molecule is c1ccc2c(c1)-c1ccccc1C21c2ccccc2-c2ccc(-c3nc4c(ccc5ccccc54)c4c3C3CCC4C3)cc21. The van der Waals surface area contributed by atoms with Crippen LogP contribution in [0.3, 0.4) is 0 Å². The van der Waals surface area contributed by atoms with Crippen LogP contribution in [-0.4, -0.2) is 4.98 Å². The van der Waals surface area contributed by atoms with E-state index >= 15 is 0 Å². The number of aromatic nitrogens is 1. The molecule has 0 aliphatic heterocycles. The van der Waals surface area contributed by atoms with Crippen LogP contribution in [0.2, 0.25) is 0 Å². The number of pyridine rings is 1. The lowest BCUT2D eigenvalue weighted by molar-refractivity contribution is 0.720. The van der Waals surface area contributed by atoms with Crippen LogP contribution in [-0.2, 0) is 5.41 Å². The highest BCUT2D eigenvalue weighted by atomic mass is 14.7. The number of hydrogen-bond donors (Lipinski definition) is 0. The summed E-state index contributed by atoms with van der Waals surface area (Å²) in [5.74, 6) is 1.26. The van der Waals surface area contributed by atoms with Gasteiger partial charge in [0.2, 0.25) is 0 Å². The third-order valence-electron chi connectivity index (χ3n) is 11.5. The molecule has 0 radical (unpaired) electrons. The minimum absolute atomic E-state index is 0.332. The molecule has 11 rings (SSSR count). The minimum Gasteiger partial charge on any atom is -0.247 e. The Morgan fingerprint density at radius 2 is 1.09 bits per heavy atom. The van der Waals surface area contributed by atoms with Crippen molar-refractivity contribution in [1.82, 2.24) is 4.98 Å². The molecule has 1 heteroatoms. The van der Waals surface area contributed by atoms with Crippen LogP contribution in [0, 0.1) is 0 Å². The lowest BCUT2D eigenvalue weighted by Gasteiger charge is -2.31. The van der Waals surface area contributed by atoms with Crippen LogP contribution in [0.5, 0.6) is 0 Å². The number of hydrogen-bond acceptors (Lipinski definition) is 1. The molecule has 1 saturated carbocycles. The lowest BCUT2D eigenvalue weighted by atomic mass is 9.70. The Hall–Kier alpha value is -5.01. The molecule has 1 aromatic heterocycles. The third-order valence-corrected chi connectivity index (χ3v) is 11.5. The highest BCUT2D eigenvalue weighted by Crippen LogP contribution is 2.63. The van der Waals surface area contributed by atoms with E-state index in [1.807, 2.05) is 0 Å². The van der Waals surface area contributed by atoms with Gasteiger partial charge in [-0.05, 0) is 98.2 Å². The lowest BCUT2D eigenvalue weighted by Crippen LogP contribution is -2.25. The topological polar surface area (TPSA) is 12.9 Å². The first-order valence-corrected chi connectivity index (χ1v) is 16.1. The van der Waals surface area contributed by atoms with E-state index in [4.69, 9.17) is 4.98 Å². The summed E-state index contributed by atoms with van der Waals surface area (Å²) in [5, 5.41) is 3.91. The van der Waals surface area contributed by atoms with Crippen molar-refractivity contribution in [2.75, 3.05) is 0 Å². The number of nitrogens with zero attached hydrogens (tertiary/aromatic N) is 1. The first-order chi connectivity index (χ1) is 21.8. The Bertz CT molecular complexity index is 2330. The van der Waals surface area contributed by atoms with E-state index in [0.717, 1.165) is 0 Å². The van der Waals surface area contributed by atoms with Crippen LogP contribution in [0.1, 0.15) is 64.5 Å². The number of rotatable bonds is 1. The van der Waals surface area contributed by atoms with Gasteiger partial charge in [-0.2, -0.15) is 0 Å². The molecule has 7 aromatic rings. The fourth-order valence-electron chi connectivity index (χ4n) is 9.86. The Labute approximate surface area is 256 Å². The Morgan fingerprint density at radius 1 is 0.500 bits per heavy atom. The van der Waals surface area contributed by atoms with E-state index in [-0.39, 0.29) is 5.41 Å². The zero-order valence-corrected chi connectivity index (χ0v) is 24.3. The zero-order valence-electron chi connectivity index (χ0n) is 24.3. The average molecular weight is 560 g/mol. The van der Waals surface area contributed by atoms with E-state index in [1.165, 1.54) is 102 Å². The van der Waals surface area contributed by atoms with Crippen molar-refractivity contribution >= 4 is 21.7 Å². The molecule has 0 saturated heterocycles. The Balaban J connectivity index is 1.25. The van der Waals surface area contributed by atoms with Gasteiger partial charge < -0.3 is 0 Å². The van der Waals surface area contributed by atoms with Crippen LogP contribution < -0.4 is 0 Å². The second kappa shape index (κ2) is 8.12. The van der Waals surface area contributed by atoms with E-state index in [1.54, 1.807) is 5.56 Å². The molecule has 6 aromatic carbocycles. The largest absolute Gasteiger partial charge is 0.247 e. The maximum absolute atomic E-state index is 5.64. The minimum atomic E-state index is -0.332. The van der Waals surface area contributed by atoms with Crippen molar-refractivity contribution < 1.29 is 0 Å². The molecule has 4 aliphatic carbocycles. The second-order valence-electron chi connectivity index (χ2n) is 13.3. The summed E-state index contributed by atoms with van der Waals surface area (Å²) in [4.78, 5) is 5.64. The standard InChI is InChI=1S/C43H29N/c1-2-10-29-25(9-1)19-22-34-39-26-17-18-27(23-26)40(39)41(44-42(29)34)28-20-21-33-32-13-5-8-16-37(32)43(38(33)24-28)35-14-6-3-11-30(35)31-12-4-7-15-36(31)43/h1-16,19-22,24,26-27H,17-18,23H2. The number of benzene rings is 6. The van der Waals surface area contributed by atoms with Gasteiger partial charge >= 0.3 is 0 Å². The molecular weight excluding hydrogens is 530 g/mol. The maximum atomic E-state index is 5.64. The van der Waals surface area contributed by atoms with Crippen LogP contribution >= 0.6 is 0 Å². The summed E-state index contributed by atoms with van der Waals surface area (Å²) in [6.07, 6.45) is 3.86. The van der Waals surface area contributed by atoms with Gasteiger partial charge in [-0.25, -0.2) is 4.98 Å². The van der Waals surface area contributed by atoms with Crippen molar-refractivity contribution in [1.29, 1.82) is 0 Å². The molecule has 206 valence electrons. The summed E-state index contributed by atoms with van der Waals surface area (Å²) < 4.78 is 0. The van der Waals surface area contributed by atoms with E-state index < -0.39 is 0 Å². The monoisotopic (exact) mass is 559 g/mol. The molecule has 2 unspecified atom stereocenters. The zero-order chi connectivity index (χ0) is 28.6. The maximum Gasteiger partial charge on any atom is 0.0790 e. The molecule has 0 amide bonds. The van der Waals surface area contributed by atoms with Gasteiger partial charge in [-0.3, -0.25) is 0 Å². The van der Waals surface area contributed by atoms with Crippen molar-refractivity contribution in [2.45, 2.75) is 36.5 Å². The smallest absolute Gasteiger partial charge is 0.0790 e. The van der Waals surface area contributed by atoms with Crippen LogP contribution in [0.25, 0.3) is 55.2 Å². The Kier molecular flexibility index (Phi) is 4.33. The average Bonchev–Trinajstić information content (AvgIpc) is 3.85. The van der Waals surface area contributed by atoms with Crippen LogP contribution in [0.4, 0.5) is 0 Å². The van der Waals surface area contributed by atoms with Crippen molar-refractivity contribution in [2.24, 2.45) is 0 Å². The van der Waals surface area contributed by atoms with Gasteiger partial charge in [0.05, 0.1) is 16.6 Å². The normalized spacial score (nSPS) is 19.3. The van der Waals surface area contributed by atoms with Crippen molar-refractivity contribution in [3.8, 4) is 33.5 Å². The van der Waals surface area contributed by atoms with Gasteiger partial charge in [0.1, 0.15) is 0 Å². The van der Waals surface area contributed by atoms with Gasteiger partial charge in [-0.1, -0.05) is 121 Å². The van der Waals surface area contributed by atoms with E-state index in [0.29, 0.717) is 11.8 Å². The fraction of sp³-hybridized carbons (Fsp3) is 0.140. The predicted octanol–water partition coefficient (Wildman–Crippen LogP) is 10.8. The van der Waals surface area contributed by atoms with Crippen molar-refractivity contribution in [3.05, 3.63) is 161 Å². The number of fused-ring (bicyclic) bond motifs is 19. The highest BCUT2D eigenvalue weighted by molar-refractivity contribution is 6.08. The van der Waals surface area contributed by atoms with Gasteiger partial charge in [0.15, 0.2) is 0 Å². The van der Waals surface area contributed by atoms with E-state index in [2.05, 4.69) is 127 Å². The molecule has 2 atom stereocenters. The summed E-state index contributed by atoms with van der Waals surface area (Å²) in [6, 6.07) is 48.0. The summed E-state index contributed by atoms with van der Waals surface area (Å²) in [7, 11) is 0. The first-order valence-electron chi connectivity index (χ1n) is 16.1. The van der Waals surface area contributed by atoms with Crippen LogP contribution in [0.15, 0.2) is 127 Å². The highest BCUT2D eigenvalue weighted by Gasteiger charge is 2.51. The van der Waals surface area contributed by atoms with Gasteiger partial charge in [0, 0.05) is 16.3 Å². The fourth-order valence-corrected chi connectivity index (χ4v) is 9.86. The summed E-state index contributed by atoms with van der Waals surface area (Å²) >= 11 is 0. The first kappa shape index (κ1) is 23.4. The molecule has 1 spiro atoms. The quantitative estimate of drug-likeness (QED) is 0.182. The van der Waals surface area contributed by atoms with E-state index in [9.17, 15) is 0 Å². The summed E-state index contributed by atoms with van der Waals surface area (Å²) in [5.41, 5.74) is 17.4. The second-order valence-corrected chi connectivity index (χ2v) is 13.3. The molecular formula is C43H29N. The van der Waals surface area contributed by atoms with Gasteiger partial charge in [0.25, 0.3) is 0 Å². The molecule has 1 nitrogen and oxygen atoms in total. The molecule has 4 aliphatic rings. The molecule has 1 fully saturated rings. The molecule has 2 bridgehead atoms. The third kappa shape index (κ3) is 2.67. The van der Waals surface area contributed by atoms with Crippen molar-refractivity contribution in [3.63, 3.8) is 0 Å². The van der Waals surface area contributed by atoms with Gasteiger partial charge in [-0.15, -0.1) is 0 Å². The Morgan fingerprint density at radius 3 is 1.80 bits per heavy atom. The molecule has 1 heterocycles. The molecule has 0 N–H and O–H groups in total. The predicted molar refractivity (Wildman–Crippen MR) is 180 cm³/mol.